The summed E-state index contributed by atoms with van der Waals surface area (Å²) in [5.74, 6) is -0.307. The molecule has 5 nitrogen and oxygen atoms in total. The number of fused-ring (bicyclic) bond motifs is 1. The number of hydrogen-bond acceptors (Lipinski definition) is 3. The lowest BCUT2D eigenvalue weighted by molar-refractivity contribution is -0.147. The predicted molar refractivity (Wildman–Crippen MR) is 79.5 cm³/mol. The summed E-state index contributed by atoms with van der Waals surface area (Å²) >= 11 is 0. The maximum atomic E-state index is 12.7. The van der Waals surface area contributed by atoms with Crippen molar-refractivity contribution in [1.29, 1.82) is 0 Å². The molecule has 22 heavy (non-hydrogen) atoms. The predicted octanol–water partition coefficient (Wildman–Crippen LogP) is 1.20. The second-order valence-corrected chi connectivity index (χ2v) is 7.05. The van der Waals surface area contributed by atoms with E-state index < -0.39 is 0 Å². The topological polar surface area (TPSA) is 57.7 Å². The summed E-state index contributed by atoms with van der Waals surface area (Å²) in [6, 6.07) is 0. The summed E-state index contributed by atoms with van der Waals surface area (Å²) in [6.45, 7) is 1.47. The Morgan fingerprint density at radius 2 is 1.50 bits per heavy atom. The van der Waals surface area contributed by atoms with Gasteiger partial charge in [0.2, 0.25) is 17.7 Å². The monoisotopic (exact) mass is 302 g/mol. The summed E-state index contributed by atoms with van der Waals surface area (Å²) in [5, 5.41) is 0. The van der Waals surface area contributed by atoms with Crippen LogP contribution in [0.3, 0.4) is 0 Å². The SMILES string of the molecule is O=C(CN1C(=O)[C@@H]2[C@H](C1=O)[C@H]1C=C[C@H]2CC1)N1CCCCC1. The Balaban J connectivity index is 1.50. The van der Waals surface area contributed by atoms with E-state index in [1.807, 2.05) is 0 Å². The van der Waals surface area contributed by atoms with Gasteiger partial charge in [0, 0.05) is 13.1 Å². The maximum absolute atomic E-state index is 12.7. The van der Waals surface area contributed by atoms with E-state index in [0.29, 0.717) is 0 Å². The Bertz CT molecular complexity index is 518. The van der Waals surface area contributed by atoms with Gasteiger partial charge >= 0.3 is 0 Å². The van der Waals surface area contributed by atoms with Gasteiger partial charge in [0.1, 0.15) is 6.54 Å². The minimum atomic E-state index is -0.203. The average molecular weight is 302 g/mol. The first-order valence-electron chi connectivity index (χ1n) is 8.48. The van der Waals surface area contributed by atoms with Crippen LogP contribution >= 0.6 is 0 Å². The number of carbonyl (C=O) groups is 3. The molecule has 2 saturated heterocycles. The molecule has 0 aromatic heterocycles. The summed E-state index contributed by atoms with van der Waals surface area (Å²) in [7, 11) is 0. The molecule has 0 N–H and O–H groups in total. The smallest absolute Gasteiger partial charge is 0.242 e. The van der Waals surface area contributed by atoms with E-state index in [4.69, 9.17) is 0 Å². The Hall–Kier alpha value is -1.65. The van der Waals surface area contributed by atoms with Gasteiger partial charge in [0.25, 0.3) is 0 Å². The van der Waals surface area contributed by atoms with Gasteiger partial charge in [-0.15, -0.1) is 0 Å². The lowest BCUT2D eigenvalue weighted by atomic mass is 9.63. The van der Waals surface area contributed by atoms with Crippen LogP contribution in [-0.4, -0.2) is 47.2 Å². The minimum absolute atomic E-state index is 0.0515. The molecule has 0 aromatic carbocycles. The summed E-state index contributed by atoms with van der Waals surface area (Å²) in [6.07, 6.45) is 9.40. The van der Waals surface area contributed by atoms with Crippen LogP contribution in [-0.2, 0) is 14.4 Å². The Kier molecular flexibility index (Phi) is 3.31. The van der Waals surface area contributed by atoms with Crippen LogP contribution in [0.2, 0.25) is 0 Å². The van der Waals surface area contributed by atoms with Gasteiger partial charge in [-0.05, 0) is 43.9 Å². The highest BCUT2D eigenvalue weighted by molar-refractivity contribution is 6.08. The summed E-state index contributed by atoms with van der Waals surface area (Å²) < 4.78 is 0. The molecule has 3 aliphatic carbocycles. The van der Waals surface area contributed by atoms with Crippen LogP contribution in [0.25, 0.3) is 0 Å². The van der Waals surface area contributed by atoms with Gasteiger partial charge in [-0.1, -0.05) is 12.2 Å². The molecule has 2 bridgehead atoms. The minimum Gasteiger partial charge on any atom is -0.341 e. The van der Waals surface area contributed by atoms with Crippen LogP contribution in [0.1, 0.15) is 32.1 Å². The molecule has 2 heterocycles. The van der Waals surface area contributed by atoms with Gasteiger partial charge in [-0.3, -0.25) is 19.3 Å². The molecule has 2 aliphatic heterocycles. The largest absolute Gasteiger partial charge is 0.341 e. The van der Waals surface area contributed by atoms with E-state index in [1.165, 1.54) is 4.90 Å². The van der Waals surface area contributed by atoms with Crippen LogP contribution < -0.4 is 0 Å². The Labute approximate surface area is 130 Å². The van der Waals surface area contributed by atoms with Crippen LogP contribution in [0.5, 0.6) is 0 Å². The van der Waals surface area contributed by atoms with Gasteiger partial charge in [-0.2, -0.15) is 0 Å². The summed E-state index contributed by atoms with van der Waals surface area (Å²) in [4.78, 5) is 40.8. The van der Waals surface area contributed by atoms with Crippen molar-refractivity contribution in [2.75, 3.05) is 19.6 Å². The van der Waals surface area contributed by atoms with Crippen molar-refractivity contribution in [2.24, 2.45) is 23.7 Å². The maximum Gasteiger partial charge on any atom is 0.242 e. The number of piperidine rings is 1. The molecule has 5 heteroatoms. The third kappa shape index (κ3) is 2.02. The number of hydrogen-bond donors (Lipinski definition) is 0. The molecule has 0 radical (unpaired) electrons. The molecule has 4 atom stereocenters. The Morgan fingerprint density at radius 1 is 0.955 bits per heavy atom. The summed E-state index contributed by atoms with van der Waals surface area (Å²) in [5.41, 5.74) is 0. The standard InChI is InChI=1S/C17H22N2O3/c20-13(18-8-2-1-3-9-18)10-19-16(21)14-11-4-5-12(7-6-11)15(14)17(19)22/h4-5,11-12,14-15H,1-3,6-10H2/t11-,12-,14-,15+/m0/s1. The van der Waals surface area contributed by atoms with Crippen molar-refractivity contribution < 1.29 is 14.4 Å². The van der Waals surface area contributed by atoms with Crippen LogP contribution in [0, 0.1) is 23.7 Å². The second kappa shape index (κ2) is 5.21. The Morgan fingerprint density at radius 3 is 2.00 bits per heavy atom. The molecule has 0 unspecified atom stereocenters. The van der Waals surface area contributed by atoms with Crippen molar-refractivity contribution in [3.63, 3.8) is 0 Å². The quantitative estimate of drug-likeness (QED) is 0.569. The number of allylic oxidation sites excluding steroid dienone is 2. The van der Waals surface area contributed by atoms with Crippen molar-refractivity contribution >= 4 is 17.7 Å². The fourth-order valence-corrected chi connectivity index (χ4v) is 4.67. The molecule has 5 aliphatic rings. The number of amides is 3. The van der Waals surface area contributed by atoms with Gasteiger partial charge in [0.05, 0.1) is 11.8 Å². The van der Waals surface area contributed by atoms with Crippen molar-refractivity contribution in [3.05, 3.63) is 12.2 Å². The number of carbonyl (C=O) groups excluding carboxylic acids is 3. The van der Waals surface area contributed by atoms with Crippen molar-refractivity contribution in [1.82, 2.24) is 9.80 Å². The zero-order valence-electron chi connectivity index (χ0n) is 12.7. The molecule has 5 rings (SSSR count). The van der Waals surface area contributed by atoms with Crippen LogP contribution in [0.15, 0.2) is 12.2 Å². The molecule has 0 aromatic rings. The number of rotatable bonds is 2. The second-order valence-electron chi connectivity index (χ2n) is 7.05. The fraction of sp³-hybridized carbons (Fsp3) is 0.706. The lowest BCUT2D eigenvalue weighted by Crippen LogP contribution is -2.45. The van der Waals surface area contributed by atoms with E-state index in [0.717, 1.165) is 45.2 Å². The molecular weight excluding hydrogens is 280 g/mol. The first kappa shape index (κ1) is 14.0. The van der Waals surface area contributed by atoms with E-state index in [1.54, 1.807) is 4.90 Å². The third-order valence-electron chi connectivity index (χ3n) is 5.85. The first-order valence-corrected chi connectivity index (χ1v) is 8.48. The van der Waals surface area contributed by atoms with Gasteiger partial charge < -0.3 is 4.90 Å². The van der Waals surface area contributed by atoms with E-state index in [9.17, 15) is 14.4 Å². The molecule has 0 spiro atoms. The first-order chi connectivity index (χ1) is 10.7. The van der Waals surface area contributed by atoms with E-state index >= 15 is 0 Å². The van der Waals surface area contributed by atoms with E-state index in [-0.39, 0.29) is 47.9 Å². The normalized spacial score (nSPS) is 36.9. The highest BCUT2D eigenvalue weighted by Crippen LogP contribution is 2.49. The van der Waals surface area contributed by atoms with Crippen molar-refractivity contribution in [2.45, 2.75) is 32.1 Å². The molecule has 118 valence electrons. The lowest BCUT2D eigenvalue weighted by Gasteiger charge is -2.38. The molecular formula is C17H22N2O3. The molecule has 3 fully saturated rings. The van der Waals surface area contributed by atoms with E-state index in [2.05, 4.69) is 12.2 Å². The molecule has 3 amide bonds. The zero-order valence-corrected chi connectivity index (χ0v) is 12.7. The van der Waals surface area contributed by atoms with Gasteiger partial charge in [0.15, 0.2) is 0 Å². The van der Waals surface area contributed by atoms with Gasteiger partial charge in [-0.25, -0.2) is 0 Å². The number of imide groups is 1. The number of likely N-dealkylation sites (tertiary alicyclic amines) is 2. The third-order valence-corrected chi connectivity index (χ3v) is 5.85. The highest BCUT2D eigenvalue weighted by atomic mass is 16.2. The zero-order chi connectivity index (χ0) is 15.3. The average Bonchev–Trinajstić information content (AvgIpc) is 2.84. The fourth-order valence-electron chi connectivity index (χ4n) is 4.67. The highest BCUT2D eigenvalue weighted by Gasteiger charge is 2.56. The molecule has 1 saturated carbocycles. The van der Waals surface area contributed by atoms with Crippen LogP contribution in [0.4, 0.5) is 0 Å². The number of nitrogens with zero attached hydrogens (tertiary/aromatic N) is 2. The van der Waals surface area contributed by atoms with Crippen molar-refractivity contribution in [3.8, 4) is 0 Å².